The summed E-state index contributed by atoms with van der Waals surface area (Å²) in [5, 5.41) is 2.66. The van der Waals surface area contributed by atoms with Crippen molar-refractivity contribution < 1.29 is 0 Å². The van der Waals surface area contributed by atoms with Gasteiger partial charge in [0.05, 0.1) is 10.7 Å². The molecular weight excluding hydrogens is 238 g/mol. The molecule has 2 aliphatic carbocycles. The Kier molecular flexibility index (Phi) is 4.08. The van der Waals surface area contributed by atoms with Crippen LogP contribution in [0.3, 0.4) is 0 Å². The smallest absolute Gasteiger partial charge is 0.0719 e. The van der Waals surface area contributed by atoms with Crippen LogP contribution in [0.2, 0.25) is 0 Å². The highest BCUT2D eigenvalue weighted by Crippen LogP contribution is 2.50. The van der Waals surface area contributed by atoms with Crippen LogP contribution in [0, 0.1) is 23.7 Å². The predicted molar refractivity (Wildman–Crippen MR) is 81.0 cm³/mol. The summed E-state index contributed by atoms with van der Waals surface area (Å²) in [6.45, 7) is 9.31. The number of nitrogens with zero attached hydrogens (tertiary/aromatic N) is 1. The van der Waals surface area contributed by atoms with E-state index in [0.717, 1.165) is 12.3 Å². The summed E-state index contributed by atoms with van der Waals surface area (Å²) in [5.41, 5.74) is 1.65. The zero-order chi connectivity index (χ0) is 13.3. The van der Waals surface area contributed by atoms with Crippen LogP contribution >= 0.6 is 12.2 Å². The largest absolute Gasteiger partial charge is 0.226 e. The molecule has 0 radical (unpaired) electrons. The van der Waals surface area contributed by atoms with Crippen molar-refractivity contribution in [3.05, 3.63) is 11.6 Å². The highest BCUT2D eigenvalue weighted by Gasteiger charge is 2.45. The van der Waals surface area contributed by atoms with Gasteiger partial charge in [-0.05, 0) is 68.5 Å². The van der Waals surface area contributed by atoms with Gasteiger partial charge in [0, 0.05) is 0 Å². The van der Waals surface area contributed by atoms with Gasteiger partial charge in [0.15, 0.2) is 0 Å². The lowest BCUT2D eigenvalue weighted by Crippen LogP contribution is -2.34. The van der Waals surface area contributed by atoms with Crippen LogP contribution in [0.25, 0.3) is 0 Å². The molecule has 1 nitrogen and oxygen atoms in total. The van der Waals surface area contributed by atoms with E-state index in [0.29, 0.717) is 17.8 Å². The molecule has 0 bridgehead atoms. The maximum Gasteiger partial charge on any atom is 0.0719 e. The fraction of sp³-hybridized carbons (Fsp3) is 0.812. The van der Waals surface area contributed by atoms with E-state index in [1.807, 2.05) is 0 Å². The van der Waals surface area contributed by atoms with Crippen LogP contribution in [0.1, 0.15) is 53.4 Å². The van der Waals surface area contributed by atoms with Gasteiger partial charge in [0.1, 0.15) is 0 Å². The molecule has 2 rings (SSSR count). The Labute approximate surface area is 117 Å². The van der Waals surface area contributed by atoms with Crippen molar-refractivity contribution in [1.29, 1.82) is 0 Å². The molecule has 0 spiro atoms. The topological polar surface area (TPSA) is 12.4 Å². The van der Waals surface area contributed by atoms with Crippen LogP contribution in [0.4, 0.5) is 0 Å². The average molecular weight is 263 g/mol. The van der Waals surface area contributed by atoms with E-state index in [-0.39, 0.29) is 5.54 Å². The number of allylic oxidation sites excluding steroid dienone is 2. The Bertz CT molecular complexity index is 392. The van der Waals surface area contributed by atoms with E-state index in [9.17, 15) is 0 Å². The minimum absolute atomic E-state index is 0.0182. The van der Waals surface area contributed by atoms with Gasteiger partial charge in [-0.2, -0.15) is 0 Å². The quantitative estimate of drug-likeness (QED) is 0.393. The Morgan fingerprint density at radius 1 is 1.44 bits per heavy atom. The summed E-state index contributed by atoms with van der Waals surface area (Å²) in [7, 11) is 0. The SMILES string of the molecule is CC(C)C1=CC2[C@@H](C)CC[C@@H]2[C@@](C)(N=C=S)CC1. The standard InChI is InChI=1S/C16H25NS/c1-11(2)13-7-8-16(4,17-10-18)15-6-5-12(3)14(15)9-13/h9,11-12,14-15H,5-8H2,1-4H3/t12-,14?,15-,16-/m0/s1. The van der Waals surface area contributed by atoms with E-state index < -0.39 is 0 Å². The third-order valence-corrected chi connectivity index (χ3v) is 5.31. The van der Waals surface area contributed by atoms with Crippen molar-refractivity contribution in [1.82, 2.24) is 0 Å². The van der Waals surface area contributed by atoms with Crippen LogP contribution in [-0.2, 0) is 0 Å². The predicted octanol–water partition coefficient (Wildman–Crippen LogP) is 4.89. The van der Waals surface area contributed by atoms with Crippen LogP contribution in [0.5, 0.6) is 0 Å². The van der Waals surface area contributed by atoms with Gasteiger partial charge in [0.25, 0.3) is 0 Å². The second-order valence-corrected chi connectivity index (χ2v) is 6.88. The molecule has 18 heavy (non-hydrogen) atoms. The van der Waals surface area contributed by atoms with Gasteiger partial charge in [-0.15, -0.1) is 0 Å². The molecule has 0 amide bonds. The van der Waals surface area contributed by atoms with Gasteiger partial charge in [0.2, 0.25) is 0 Å². The molecule has 0 aliphatic heterocycles. The zero-order valence-electron chi connectivity index (χ0n) is 12.1. The minimum atomic E-state index is 0.0182. The molecule has 2 aliphatic rings. The third kappa shape index (κ3) is 2.46. The third-order valence-electron chi connectivity index (χ3n) is 5.22. The lowest BCUT2D eigenvalue weighted by atomic mass is 9.76. The number of hydrogen-bond donors (Lipinski definition) is 0. The van der Waals surface area contributed by atoms with Crippen LogP contribution < -0.4 is 0 Å². The lowest BCUT2D eigenvalue weighted by Gasteiger charge is -2.33. The minimum Gasteiger partial charge on any atom is -0.226 e. The number of fused-ring (bicyclic) bond motifs is 1. The van der Waals surface area contributed by atoms with Crippen LogP contribution in [0.15, 0.2) is 16.6 Å². The molecule has 1 unspecified atom stereocenters. The van der Waals surface area contributed by atoms with Crippen molar-refractivity contribution >= 4 is 17.4 Å². The van der Waals surface area contributed by atoms with Crippen molar-refractivity contribution in [2.75, 3.05) is 0 Å². The first-order chi connectivity index (χ1) is 8.48. The number of rotatable bonds is 2. The van der Waals surface area contributed by atoms with E-state index in [1.54, 1.807) is 5.57 Å². The van der Waals surface area contributed by atoms with Gasteiger partial charge >= 0.3 is 0 Å². The van der Waals surface area contributed by atoms with Gasteiger partial charge < -0.3 is 0 Å². The fourth-order valence-electron chi connectivity index (χ4n) is 3.87. The summed E-state index contributed by atoms with van der Waals surface area (Å²) in [6.07, 6.45) is 7.52. The molecule has 0 heterocycles. The molecule has 1 fully saturated rings. The van der Waals surface area contributed by atoms with Crippen LogP contribution in [-0.4, -0.2) is 10.7 Å². The maximum absolute atomic E-state index is 4.89. The first-order valence-corrected chi connectivity index (χ1v) is 7.68. The summed E-state index contributed by atoms with van der Waals surface area (Å²) < 4.78 is 0. The maximum atomic E-state index is 4.89. The molecule has 2 heteroatoms. The highest BCUT2D eigenvalue weighted by atomic mass is 32.1. The van der Waals surface area contributed by atoms with Crippen molar-refractivity contribution in [3.63, 3.8) is 0 Å². The Morgan fingerprint density at radius 3 is 2.78 bits per heavy atom. The molecule has 0 saturated heterocycles. The normalized spacial score (nSPS) is 39.8. The lowest BCUT2D eigenvalue weighted by molar-refractivity contribution is 0.243. The fourth-order valence-corrected chi connectivity index (χ4v) is 4.08. The van der Waals surface area contributed by atoms with Gasteiger partial charge in [-0.3, -0.25) is 0 Å². The second kappa shape index (κ2) is 5.27. The summed E-state index contributed by atoms with van der Waals surface area (Å²) in [5.74, 6) is 2.82. The Balaban J connectivity index is 2.37. The second-order valence-electron chi connectivity index (χ2n) is 6.70. The summed E-state index contributed by atoms with van der Waals surface area (Å²) in [4.78, 5) is 4.58. The monoisotopic (exact) mass is 263 g/mol. The van der Waals surface area contributed by atoms with Crippen molar-refractivity contribution in [2.24, 2.45) is 28.7 Å². The zero-order valence-corrected chi connectivity index (χ0v) is 12.9. The summed E-state index contributed by atoms with van der Waals surface area (Å²) >= 11 is 4.89. The summed E-state index contributed by atoms with van der Waals surface area (Å²) in [6, 6.07) is 0. The van der Waals surface area contributed by atoms with Gasteiger partial charge in [-0.1, -0.05) is 32.4 Å². The van der Waals surface area contributed by atoms with E-state index >= 15 is 0 Å². The molecule has 0 aromatic carbocycles. The Hall–Kier alpha value is -0.460. The van der Waals surface area contributed by atoms with Crippen molar-refractivity contribution in [3.8, 4) is 0 Å². The number of aliphatic imine (C=N–C) groups is 1. The number of thiocarbonyl (C=S) groups is 1. The molecule has 4 atom stereocenters. The molecular formula is C16H25NS. The van der Waals surface area contributed by atoms with E-state index in [2.05, 4.69) is 43.9 Å². The molecule has 0 aromatic heterocycles. The number of hydrogen-bond acceptors (Lipinski definition) is 2. The highest BCUT2D eigenvalue weighted by molar-refractivity contribution is 7.78. The first-order valence-electron chi connectivity index (χ1n) is 7.27. The van der Waals surface area contributed by atoms with E-state index in [4.69, 9.17) is 12.2 Å². The molecule has 0 aromatic rings. The average Bonchev–Trinajstić information content (AvgIpc) is 2.59. The van der Waals surface area contributed by atoms with E-state index in [1.165, 1.54) is 19.3 Å². The number of isothiocyanates is 1. The first kappa shape index (κ1) is 14.0. The van der Waals surface area contributed by atoms with Gasteiger partial charge in [-0.25, -0.2) is 4.99 Å². The molecule has 1 saturated carbocycles. The molecule has 100 valence electrons. The Morgan fingerprint density at radius 2 is 2.17 bits per heavy atom. The molecule has 0 N–H and O–H groups in total. The van der Waals surface area contributed by atoms with Crippen molar-refractivity contribution in [2.45, 2.75) is 58.9 Å².